The second kappa shape index (κ2) is 5.51. The lowest BCUT2D eigenvalue weighted by Gasteiger charge is -2.02. The minimum atomic E-state index is 0.759. The van der Waals surface area contributed by atoms with Gasteiger partial charge in [-0.25, -0.2) is 4.98 Å². The second-order valence-corrected chi connectivity index (χ2v) is 4.13. The Kier molecular flexibility index (Phi) is 3.77. The van der Waals surface area contributed by atoms with Crippen LogP contribution in [0.4, 0.5) is 0 Å². The Bertz CT molecular complexity index is 494. The van der Waals surface area contributed by atoms with Gasteiger partial charge in [-0.1, -0.05) is 41.2 Å². The average molecular weight is 232 g/mol. The van der Waals surface area contributed by atoms with Crippen molar-refractivity contribution in [3.8, 4) is 0 Å². The molecule has 0 radical (unpaired) electrons. The molecule has 16 heavy (non-hydrogen) atoms. The summed E-state index contributed by atoms with van der Waals surface area (Å²) >= 11 is 1.65. The number of aromatic nitrogens is 1. The molecule has 0 saturated carbocycles. The molecule has 0 atom stereocenters. The Balaban J connectivity index is 2.20. The summed E-state index contributed by atoms with van der Waals surface area (Å²) in [6, 6.07) is 10.2. The summed E-state index contributed by atoms with van der Waals surface area (Å²) in [6.45, 7) is 0. The molecule has 0 unspecified atom stereocenters. The number of fused-ring (bicyclic) bond motifs is 1. The summed E-state index contributed by atoms with van der Waals surface area (Å²) < 4.78 is 0. The summed E-state index contributed by atoms with van der Waals surface area (Å²) in [5.41, 5.74) is 0. The van der Waals surface area contributed by atoms with Gasteiger partial charge in [0.2, 0.25) is 0 Å². The van der Waals surface area contributed by atoms with Gasteiger partial charge < -0.3 is 4.84 Å². The highest BCUT2D eigenvalue weighted by Gasteiger charge is 2.00. The van der Waals surface area contributed by atoms with E-state index in [1.54, 1.807) is 18.0 Å². The highest BCUT2D eigenvalue weighted by atomic mass is 32.2. The largest absolute Gasteiger partial charge is 0.399 e. The maximum Gasteiger partial charge on any atom is 0.106 e. The van der Waals surface area contributed by atoms with E-state index in [4.69, 9.17) is 0 Å². The van der Waals surface area contributed by atoms with Crippen molar-refractivity contribution in [2.75, 3.05) is 12.9 Å². The molecule has 4 heteroatoms. The molecule has 0 fully saturated rings. The van der Waals surface area contributed by atoms with Crippen molar-refractivity contribution in [3.05, 3.63) is 36.5 Å². The molecule has 0 amide bonds. The van der Waals surface area contributed by atoms with Crippen LogP contribution in [0, 0.1) is 0 Å². The molecular weight excluding hydrogens is 220 g/mol. The molecule has 0 aliphatic rings. The minimum Gasteiger partial charge on any atom is -0.399 e. The molecular formula is C12H12N2OS. The first kappa shape index (κ1) is 11.0. The zero-order valence-corrected chi connectivity index (χ0v) is 9.78. The van der Waals surface area contributed by atoms with E-state index >= 15 is 0 Å². The molecule has 0 N–H and O–H groups in total. The highest BCUT2D eigenvalue weighted by molar-refractivity contribution is 8.00. The number of oxime groups is 1. The van der Waals surface area contributed by atoms with Gasteiger partial charge in [0.25, 0.3) is 0 Å². The maximum atomic E-state index is 4.60. The molecule has 0 saturated heterocycles. The van der Waals surface area contributed by atoms with Gasteiger partial charge in [-0.15, -0.1) is 0 Å². The summed E-state index contributed by atoms with van der Waals surface area (Å²) in [7, 11) is 1.54. The van der Waals surface area contributed by atoms with Gasteiger partial charge in [0.15, 0.2) is 0 Å². The zero-order chi connectivity index (χ0) is 11.2. The molecule has 1 aromatic heterocycles. The van der Waals surface area contributed by atoms with Crippen molar-refractivity contribution >= 4 is 28.7 Å². The topological polar surface area (TPSA) is 34.5 Å². The molecule has 0 aliphatic carbocycles. The fourth-order valence-electron chi connectivity index (χ4n) is 1.43. The zero-order valence-electron chi connectivity index (χ0n) is 8.96. The Hall–Kier alpha value is -1.55. The van der Waals surface area contributed by atoms with Crippen LogP contribution >= 0.6 is 11.8 Å². The first-order valence-corrected chi connectivity index (χ1v) is 5.92. The molecule has 0 spiro atoms. The second-order valence-electron chi connectivity index (χ2n) is 3.12. The monoisotopic (exact) mass is 232 g/mol. The van der Waals surface area contributed by atoms with Crippen LogP contribution < -0.4 is 0 Å². The van der Waals surface area contributed by atoms with E-state index in [2.05, 4.69) is 27.1 Å². The average Bonchev–Trinajstić information content (AvgIpc) is 2.35. The quantitative estimate of drug-likeness (QED) is 0.462. The fourth-order valence-corrected chi connectivity index (χ4v) is 2.20. The number of pyridine rings is 1. The van der Waals surface area contributed by atoms with Crippen LogP contribution in [0.5, 0.6) is 0 Å². The number of rotatable bonds is 4. The van der Waals surface area contributed by atoms with E-state index in [9.17, 15) is 0 Å². The maximum absolute atomic E-state index is 4.60. The normalized spacial score (nSPS) is 11.1. The van der Waals surface area contributed by atoms with Gasteiger partial charge in [0, 0.05) is 17.3 Å². The van der Waals surface area contributed by atoms with Crippen molar-refractivity contribution in [2.45, 2.75) is 5.03 Å². The van der Waals surface area contributed by atoms with Crippen LogP contribution in [0.3, 0.4) is 0 Å². The van der Waals surface area contributed by atoms with E-state index in [1.807, 2.05) is 24.4 Å². The van der Waals surface area contributed by atoms with Crippen LogP contribution in [-0.4, -0.2) is 24.1 Å². The van der Waals surface area contributed by atoms with Gasteiger partial charge in [0.05, 0.1) is 6.21 Å². The van der Waals surface area contributed by atoms with Crippen molar-refractivity contribution < 1.29 is 4.84 Å². The standard InChI is InChI=1S/C12H12N2OS/c1-15-14-8-9-16-12-11-5-3-2-4-10(11)6-7-13-12/h2-8H,9H2,1H3/b14-8+. The van der Waals surface area contributed by atoms with Crippen LogP contribution in [0.1, 0.15) is 0 Å². The van der Waals surface area contributed by atoms with Crippen LogP contribution in [0.25, 0.3) is 10.8 Å². The summed E-state index contributed by atoms with van der Waals surface area (Å²) in [6.07, 6.45) is 3.56. The number of nitrogens with zero attached hydrogens (tertiary/aromatic N) is 2. The van der Waals surface area contributed by atoms with Gasteiger partial charge in [-0.05, 0) is 11.5 Å². The molecule has 0 bridgehead atoms. The molecule has 0 aliphatic heterocycles. The lowest BCUT2D eigenvalue weighted by Crippen LogP contribution is -1.86. The summed E-state index contributed by atoms with van der Waals surface area (Å²) in [4.78, 5) is 8.97. The predicted octanol–water partition coefficient (Wildman–Crippen LogP) is 2.96. The highest BCUT2D eigenvalue weighted by Crippen LogP contribution is 2.24. The Morgan fingerprint density at radius 1 is 1.38 bits per heavy atom. The van der Waals surface area contributed by atoms with Crippen molar-refractivity contribution in [2.24, 2.45) is 5.16 Å². The molecule has 1 aromatic carbocycles. The van der Waals surface area contributed by atoms with E-state index in [0.717, 1.165) is 10.8 Å². The third kappa shape index (κ3) is 2.52. The SMILES string of the molecule is CO/N=C/CSc1nccc2ccccc12. The molecule has 2 aromatic rings. The van der Waals surface area contributed by atoms with Crippen molar-refractivity contribution in [3.63, 3.8) is 0 Å². The van der Waals surface area contributed by atoms with Gasteiger partial charge in [-0.2, -0.15) is 0 Å². The Morgan fingerprint density at radius 3 is 3.12 bits per heavy atom. The van der Waals surface area contributed by atoms with Gasteiger partial charge >= 0.3 is 0 Å². The Labute approximate surface area is 98.5 Å². The first-order chi connectivity index (χ1) is 7.92. The molecule has 82 valence electrons. The molecule has 3 nitrogen and oxygen atoms in total. The number of benzene rings is 1. The Morgan fingerprint density at radius 2 is 2.25 bits per heavy atom. The smallest absolute Gasteiger partial charge is 0.106 e. The van der Waals surface area contributed by atoms with Crippen molar-refractivity contribution in [1.82, 2.24) is 4.98 Å². The van der Waals surface area contributed by atoms with Crippen LogP contribution in [0.15, 0.2) is 46.7 Å². The minimum absolute atomic E-state index is 0.759. The predicted molar refractivity (Wildman–Crippen MR) is 68.0 cm³/mol. The van der Waals surface area contributed by atoms with Crippen LogP contribution in [-0.2, 0) is 4.84 Å². The van der Waals surface area contributed by atoms with Gasteiger partial charge in [0.1, 0.15) is 12.1 Å². The number of thioether (sulfide) groups is 1. The summed E-state index contributed by atoms with van der Waals surface area (Å²) in [5.74, 6) is 0.759. The first-order valence-electron chi connectivity index (χ1n) is 4.93. The van der Waals surface area contributed by atoms with E-state index in [-0.39, 0.29) is 0 Å². The fraction of sp³-hybridized carbons (Fsp3) is 0.167. The third-order valence-corrected chi connectivity index (χ3v) is 3.03. The number of hydrogen-bond donors (Lipinski definition) is 0. The van der Waals surface area contributed by atoms with E-state index in [0.29, 0.717) is 0 Å². The number of hydrogen-bond acceptors (Lipinski definition) is 4. The lowest BCUT2D eigenvalue weighted by atomic mass is 10.2. The van der Waals surface area contributed by atoms with Gasteiger partial charge in [-0.3, -0.25) is 0 Å². The van der Waals surface area contributed by atoms with E-state index < -0.39 is 0 Å². The molecule has 1 heterocycles. The molecule has 2 rings (SSSR count). The lowest BCUT2D eigenvalue weighted by molar-refractivity contribution is 0.215. The summed E-state index contributed by atoms with van der Waals surface area (Å²) in [5, 5.41) is 7.11. The van der Waals surface area contributed by atoms with Crippen molar-refractivity contribution in [1.29, 1.82) is 0 Å². The third-order valence-electron chi connectivity index (χ3n) is 2.11. The van der Waals surface area contributed by atoms with Crippen LogP contribution in [0.2, 0.25) is 0 Å². The van der Waals surface area contributed by atoms with E-state index in [1.165, 1.54) is 17.9 Å².